The Morgan fingerprint density at radius 1 is 1.33 bits per heavy atom. The highest BCUT2D eigenvalue weighted by Crippen LogP contribution is 2.39. The summed E-state index contributed by atoms with van der Waals surface area (Å²) in [5.74, 6) is 0.988. The summed E-state index contributed by atoms with van der Waals surface area (Å²) in [6.45, 7) is 0.947. The van der Waals surface area contributed by atoms with Gasteiger partial charge in [-0.15, -0.1) is 11.8 Å². The number of carbonyl (C=O) groups is 1. The Morgan fingerprint density at radius 2 is 2.17 bits per heavy atom. The number of aliphatic hydroxyl groups is 1. The van der Waals surface area contributed by atoms with Crippen molar-refractivity contribution in [1.82, 2.24) is 5.32 Å². The lowest BCUT2D eigenvalue weighted by atomic mass is 10.0. The van der Waals surface area contributed by atoms with Crippen LogP contribution in [0.5, 0.6) is 0 Å². The van der Waals surface area contributed by atoms with Crippen LogP contribution in [0.3, 0.4) is 0 Å². The van der Waals surface area contributed by atoms with Crippen LogP contribution in [0.1, 0.15) is 30.7 Å². The number of hydrogen-bond donors (Lipinski definition) is 2. The van der Waals surface area contributed by atoms with E-state index >= 15 is 0 Å². The molecule has 0 aliphatic carbocycles. The van der Waals surface area contributed by atoms with E-state index in [0.29, 0.717) is 6.54 Å². The molecule has 1 atom stereocenters. The zero-order valence-corrected chi connectivity index (χ0v) is 11.2. The number of fused-ring (bicyclic) bond motifs is 1. The van der Waals surface area contributed by atoms with Crippen LogP contribution >= 0.6 is 11.8 Å². The fourth-order valence-corrected chi connectivity index (χ4v) is 3.36. The maximum Gasteiger partial charge on any atom is 0.228 e. The molecule has 0 aromatic heterocycles. The molecule has 1 aromatic carbocycles. The molecule has 2 N–H and O–H groups in total. The van der Waals surface area contributed by atoms with E-state index in [9.17, 15) is 4.79 Å². The van der Waals surface area contributed by atoms with E-state index in [4.69, 9.17) is 5.11 Å². The van der Waals surface area contributed by atoms with E-state index in [2.05, 4.69) is 11.4 Å². The third kappa shape index (κ3) is 3.27. The Balaban J connectivity index is 1.80. The first kappa shape index (κ1) is 13.4. The lowest BCUT2D eigenvalue weighted by Gasteiger charge is -2.11. The summed E-state index contributed by atoms with van der Waals surface area (Å²) >= 11 is 1.76. The molecular weight excluding hydrogens is 246 g/mol. The highest BCUT2D eigenvalue weighted by molar-refractivity contribution is 7.99. The second-order valence-corrected chi connectivity index (χ2v) is 5.54. The van der Waals surface area contributed by atoms with Gasteiger partial charge in [0.25, 0.3) is 0 Å². The predicted octanol–water partition coefficient (Wildman–Crippen LogP) is 2.15. The number of aliphatic hydroxyl groups excluding tert-OH is 1. The zero-order valence-electron chi connectivity index (χ0n) is 10.4. The second kappa shape index (κ2) is 6.81. The second-order valence-electron chi connectivity index (χ2n) is 4.48. The van der Waals surface area contributed by atoms with Crippen molar-refractivity contribution >= 4 is 17.7 Å². The van der Waals surface area contributed by atoms with E-state index in [1.165, 1.54) is 4.90 Å². The van der Waals surface area contributed by atoms with Crippen LogP contribution in [-0.4, -0.2) is 29.9 Å². The number of unbranched alkanes of at least 4 members (excludes halogenated alkanes) is 2. The Hall–Kier alpha value is -1.00. The summed E-state index contributed by atoms with van der Waals surface area (Å²) in [6.07, 6.45) is 2.72. The number of thioether (sulfide) groups is 1. The van der Waals surface area contributed by atoms with Gasteiger partial charge in [0.1, 0.15) is 0 Å². The van der Waals surface area contributed by atoms with Crippen LogP contribution in [-0.2, 0) is 4.79 Å². The molecular formula is C14H19NO2S. The summed E-state index contributed by atoms with van der Waals surface area (Å²) in [5, 5.41) is 11.7. The molecule has 0 radical (unpaired) electrons. The monoisotopic (exact) mass is 265 g/mol. The lowest BCUT2D eigenvalue weighted by molar-refractivity contribution is -0.122. The first-order valence-corrected chi connectivity index (χ1v) is 7.42. The molecule has 1 amide bonds. The van der Waals surface area contributed by atoms with Crippen LogP contribution in [0, 0.1) is 0 Å². The highest BCUT2D eigenvalue weighted by atomic mass is 32.2. The molecule has 18 heavy (non-hydrogen) atoms. The number of amides is 1. The highest BCUT2D eigenvalue weighted by Gasteiger charge is 2.28. The van der Waals surface area contributed by atoms with Gasteiger partial charge in [-0.3, -0.25) is 4.79 Å². The van der Waals surface area contributed by atoms with Gasteiger partial charge >= 0.3 is 0 Å². The SMILES string of the molecule is O=C(NCCCCCO)C1CSc2ccccc21. The lowest BCUT2D eigenvalue weighted by Crippen LogP contribution is -2.30. The maximum absolute atomic E-state index is 12.1. The summed E-state index contributed by atoms with van der Waals surface area (Å²) in [5.41, 5.74) is 1.16. The minimum Gasteiger partial charge on any atom is -0.396 e. The number of rotatable bonds is 6. The molecule has 4 heteroatoms. The van der Waals surface area contributed by atoms with Crippen molar-refractivity contribution in [1.29, 1.82) is 0 Å². The van der Waals surface area contributed by atoms with Crippen LogP contribution in [0.25, 0.3) is 0 Å². The minimum atomic E-state index is 0.00374. The van der Waals surface area contributed by atoms with Crippen molar-refractivity contribution in [3.63, 3.8) is 0 Å². The number of benzene rings is 1. The van der Waals surface area contributed by atoms with Crippen LogP contribution in [0.2, 0.25) is 0 Å². The van der Waals surface area contributed by atoms with Crippen molar-refractivity contribution < 1.29 is 9.90 Å². The van der Waals surface area contributed by atoms with Gasteiger partial charge < -0.3 is 10.4 Å². The Kier molecular flexibility index (Phi) is 5.08. The van der Waals surface area contributed by atoms with Gasteiger partial charge in [-0.05, 0) is 30.9 Å². The van der Waals surface area contributed by atoms with Gasteiger partial charge in [-0.2, -0.15) is 0 Å². The van der Waals surface area contributed by atoms with Crippen molar-refractivity contribution in [2.45, 2.75) is 30.1 Å². The largest absolute Gasteiger partial charge is 0.396 e. The van der Waals surface area contributed by atoms with Gasteiger partial charge in [0.2, 0.25) is 5.91 Å². The predicted molar refractivity (Wildman–Crippen MR) is 73.9 cm³/mol. The van der Waals surface area contributed by atoms with Gasteiger partial charge in [-0.25, -0.2) is 0 Å². The molecule has 0 saturated carbocycles. The summed E-state index contributed by atoms with van der Waals surface area (Å²) in [4.78, 5) is 13.3. The van der Waals surface area contributed by atoms with E-state index in [1.807, 2.05) is 18.2 Å². The fraction of sp³-hybridized carbons (Fsp3) is 0.500. The van der Waals surface area contributed by atoms with Crippen LogP contribution in [0.4, 0.5) is 0 Å². The van der Waals surface area contributed by atoms with Crippen LogP contribution < -0.4 is 5.32 Å². The summed E-state index contributed by atoms with van der Waals surface area (Å²) in [7, 11) is 0. The molecule has 1 aliphatic rings. The number of nitrogens with one attached hydrogen (secondary N) is 1. The van der Waals surface area contributed by atoms with E-state index in [1.54, 1.807) is 11.8 Å². The molecule has 1 unspecified atom stereocenters. The standard InChI is InChI=1S/C14H19NO2S/c16-9-5-1-4-8-15-14(17)12-10-18-13-7-3-2-6-11(12)13/h2-3,6-7,12,16H,1,4-5,8-10H2,(H,15,17). The first-order valence-electron chi connectivity index (χ1n) is 6.43. The average molecular weight is 265 g/mol. The topological polar surface area (TPSA) is 49.3 Å². The van der Waals surface area contributed by atoms with Gasteiger partial charge in [0.05, 0.1) is 5.92 Å². The smallest absolute Gasteiger partial charge is 0.228 e. The number of hydrogen-bond acceptors (Lipinski definition) is 3. The van der Waals surface area contributed by atoms with Crippen molar-refractivity contribution in [2.24, 2.45) is 0 Å². The van der Waals surface area contributed by atoms with Crippen LogP contribution in [0.15, 0.2) is 29.2 Å². The normalized spacial score (nSPS) is 17.5. The molecule has 2 rings (SSSR count). The molecule has 0 spiro atoms. The third-order valence-corrected chi connectivity index (χ3v) is 4.33. The van der Waals surface area contributed by atoms with Gasteiger partial charge in [0, 0.05) is 23.8 Å². The quantitative estimate of drug-likeness (QED) is 0.775. The average Bonchev–Trinajstić information content (AvgIpc) is 2.82. The number of carbonyl (C=O) groups excluding carboxylic acids is 1. The summed E-state index contributed by atoms with van der Waals surface area (Å²) in [6, 6.07) is 8.13. The molecule has 0 saturated heterocycles. The van der Waals surface area contributed by atoms with Crippen molar-refractivity contribution in [3.8, 4) is 0 Å². The van der Waals surface area contributed by atoms with E-state index in [-0.39, 0.29) is 18.4 Å². The molecule has 1 heterocycles. The first-order chi connectivity index (χ1) is 8.83. The molecule has 0 fully saturated rings. The Morgan fingerprint density at radius 3 is 3.00 bits per heavy atom. The van der Waals surface area contributed by atoms with E-state index < -0.39 is 0 Å². The van der Waals surface area contributed by atoms with Gasteiger partial charge in [0.15, 0.2) is 0 Å². The maximum atomic E-state index is 12.1. The van der Waals surface area contributed by atoms with E-state index in [0.717, 1.165) is 30.6 Å². The zero-order chi connectivity index (χ0) is 12.8. The molecule has 3 nitrogen and oxygen atoms in total. The third-order valence-electron chi connectivity index (χ3n) is 3.15. The van der Waals surface area contributed by atoms with Gasteiger partial charge in [-0.1, -0.05) is 18.2 Å². The Bertz CT molecular complexity index is 409. The molecule has 0 bridgehead atoms. The Labute approximate surface area is 112 Å². The van der Waals surface area contributed by atoms with Crippen molar-refractivity contribution in [3.05, 3.63) is 29.8 Å². The molecule has 98 valence electrons. The van der Waals surface area contributed by atoms with Crippen molar-refractivity contribution in [2.75, 3.05) is 18.9 Å². The summed E-state index contributed by atoms with van der Waals surface area (Å²) < 4.78 is 0. The minimum absolute atomic E-state index is 0.00374. The molecule has 1 aromatic rings. The fourth-order valence-electron chi connectivity index (χ4n) is 2.13. The molecule has 1 aliphatic heterocycles.